The van der Waals surface area contributed by atoms with Crippen LogP contribution < -0.4 is 20.3 Å². The van der Waals surface area contributed by atoms with Gasteiger partial charge < -0.3 is 14.8 Å². The zero-order valence-corrected chi connectivity index (χ0v) is 23.6. The van der Waals surface area contributed by atoms with Crippen molar-refractivity contribution in [2.24, 2.45) is 5.10 Å². The van der Waals surface area contributed by atoms with Gasteiger partial charge in [0.2, 0.25) is 0 Å². The fourth-order valence-electron chi connectivity index (χ4n) is 3.59. The molecule has 0 saturated carbocycles. The van der Waals surface area contributed by atoms with Crippen molar-refractivity contribution < 1.29 is 14.3 Å². The average molecular weight is 628 g/mol. The fourth-order valence-corrected chi connectivity index (χ4v) is 4.53. The normalized spacial score (nSPS) is 11.2. The van der Waals surface area contributed by atoms with Crippen LogP contribution in [0, 0.1) is 6.92 Å². The Hall–Kier alpha value is -3.50. The molecule has 0 radical (unpaired) electrons. The van der Waals surface area contributed by atoms with Crippen LogP contribution in [0.25, 0.3) is 10.9 Å². The van der Waals surface area contributed by atoms with Gasteiger partial charge in [0.15, 0.2) is 18.1 Å². The minimum Gasteiger partial charge on any atom is -0.493 e. The summed E-state index contributed by atoms with van der Waals surface area (Å²) in [5, 5.41) is 7.68. The summed E-state index contributed by atoms with van der Waals surface area (Å²) in [6.07, 6.45) is 2.08. The zero-order valence-electron chi connectivity index (χ0n) is 20.4. The molecule has 0 fully saturated rings. The molecule has 4 aromatic rings. The van der Waals surface area contributed by atoms with E-state index in [-0.39, 0.29) is 18.1 Å². The number of ether oxygens (including phenoxy) is 2. The van der Waals surface area contributed by atoms with Crippen LogP contribution in [0.4, 0.5) is 5.69 Å². The number of aromatic nitrogens is 2. The highest BCUT2D eigenvalue weighted by Crippen LogP contribution is 2.36. The number of methoxy groups -OCH3 is 1. The maximum absolute atomic E-state index is 13.1. The lowest BCUT2D eigenvalue weighted by molar-refractivity contribution is -0.118. The smallest absolute Gasteiger partial charge is 0.282 e. The molecule has 1 heterocycles. The third-order valence-electron chi connectivity index (χ3n) is 5.45. The summed E-state index contributed by atoms with van der Waals surface area (Å²) in [5.74, 6) is 1.02. The van der Waals surface area contributed by atoms with Gasteiger partial charge in [-0.3, -0.25) is 9.59 Å². The predicted molar refractivity (Wildman–Crippen MR) is 152 cm³/mol. The van der Waals surface area contributed by atoms with Gasteiger partial charge in [-0.05, 0) is 70.9 Å². The number of carbonyl (C=O) groups excluding carboxylic acids is 1. The molecular formula is C27H24Br2N4O4. The highest BCUT2D eigenvalue weighted by molar-refractivity contribution is 9.10. The molecule has 0 bridgehead atoms. The Kier molecular flexibility index (Phi) is 8.40. The van der Waals surface area contributed by atoms with Gasteiger partial charge in [0, 0.05) is 16.6 Å². The van der Waals surface area contributed by atoms with Crippen molar-refractivity contribution in [1.82, 2.24) is 9.66 Å². The molecule has 8 nitrogen and oxygen atoms in total. The molecule has 0 unspecified atom stereocenters. The van der Waals surface area contributed by atoms with E-state index in [9.17, 15) is 9.59 Å². The maximum Gasteiger partial charge on any atom is 0.282 e. The first-order valence-electron chi connectivity index (χ1n) is 11.4. The van der Waals surface area contributed by atoms with Crippen LogP contribution in [0.15, 0.2) is 73.4 Å². The average Bonchev–Trinajstić information content (AvgIpc) is 2.88. The summed E-state index contributed by atoms with van der Waals surface area (Å²) >= 11 is 6.89. The van der Waals surface area contributed by atoms with Crippen molar-refractivity contribution in [3.63, 3.8) is 0 Å². The number of nitrogens with one attached hydrogen (secondary N) is 1. The van der Waals surface area contributed by atoms with E-state index in [2.05, 4.69) is 47.3 Å². The van der Waals surface area contributed by atoms with Crippen molar-refractivity contribution in [3.8, 4) is 11.5 Å². The number of carbonyl (C=O) groups is 1. The van der Waals surface area contributed by atoms with Gasteiger partial charge in [-0.25, -0.2) is 4.98 Å². The Morgan fingerprint density at radius 1 is 1.14 bits per heavy atom. The van der Waals surface area contributed by atoms with E-state index in [4.69, 9.17) is 9.47 Å². The molecule has 37 heavy (non-hydrogen) atoms. The van der Waals surface area contributed by atoms with Crippen LogP contribution in [0.3, 0.4) is 0 Å². The van der Waals surface area contributed by atoms with Crippen LogP contribution in [0.5, 0.6) is 11.5 Å². The predicted octanol–water partition coefficient (Wildman–Crippen LogP) is 5.70. The maximum atomic E-state index is 13.1. The fraction of sp³-hybridized carbons (Fsp3) is 0.185. The minimum atomic E-state index is -0.301. The quantitative estimate of drug-likeness (QED) is 0.253. The Morgan fingerprint density at radius 3 is 2.59 bits per heavy atom. The van der Waals surface area contributed by atoms with Crippen LogP contribution in [-0.4, -0.2) is 35.5 Å². The Bertz CT molecular complexity index is 1550. The number of aryl methyl sites for hydroxylation is 2. The molecule has 0 spiro atoms. The molecular weight excluding hydrogens is 604 g/mol. The first kappa shape index (κ1) is 26.6. The molecule has 0 aliphatic heterocycles. The molecule has 3 aromatic carbocycles. The molecule has 190 valence electrons. The zero-order chi connectivity index (χ0) is 26.5. The number of halogens is 2. The lowest BCUT2D eigenvalue weighted by Crippen LogP contribution is -2.22. The number of amides is 1. The van der Waals surface area contributed by atoms with E-state index in [1.807, 2.05) is 44.2 Å². The van der Waals surface area contributed by atoms with Crippen LogP contribution in [-0.2, 0) is 11.2 Å². The number of fused-ring (bicyclic) bond motifs is 1. The number of benzene rings is 3. The molecule has 1 aromatic heterocycles. The highest BCUT2D eigenvalue weighted by Gasteiger charge is 2.14. The minimum absolute atomic E-state index is 0.205. The number of hydrogen-bond donors (Lipinski definition) is 1. The lowest BCUT2D eigenvalue weighted by Gasteiger charge is -2.14. The second-order valence-corrected chi connectivity index (χ2v) is 9.91. The number of anilines is 1. The molecule has 0 aliphatic rings. The monoisotopic (exact) mass is 626 g/mol. The van der Waals surface area contributed by atoms with E-state index in [1.165, 1.54) is 11.8 Å². The van der Waals surface area contributed by atoms with Crippen LogP contribution in [0.2, 0.25) is 0 Å². The number of hydrogen-bond acceptors (Lipinski definition) is 6. The van der Waals surface area contributed by atoms with Crippen molar-refractivity contribution in [2.45, 2.75) is 20.3 Å². The summed E-state index contributed by atoms with van der Waals surface area (Å²) in [7, 11) is 1.51. The Labute approximate surface area is 230 Å². The van der Waals surface area contributed by atoms with E-state index in [0.717, 1.165) is 10.0 Å². The van der Waals surface area contributed by atoms with E-state index < -0.39 is 0 Å². The lowest BCUT2D eigenvalue weighted by atomic mass is 10.2. The first-order valence-corrected chi connectivity index (χ1v) is 13.0. The second kappa shape index (κ2) is 11.7. The van der Waals surface area contributed by atoms with Crippen LogP contribution in [0.1, 0.15) is 23.9 Å². The molecule has 10 heteroatoms. The molecule has 1 amide bonds. The van der Waals surface area contributed by atoms with Gasteiger partial charge in [-0.15, -0.1) is 0 Å². The van der Waals surface area contributed by atoms with Gasteiger partial charge in [-0.2, -0.15) is 9.78 Å². The second-order valence-electron chi connectivity index (χ2n) is 8.14. The standard InChI is InChI=1S/C27H24Br2N4O4/c1-4-24-32-22-10-7-18(28)13-20(22)27(35)33(24)30-14-17-11-21(29)26(23(12-17)36-3)37-15-25(34)31-19-8-5-16(2)6-9-19/h5-14H,4,15H2,1-3H3,(H,31,34). The Morgan fingerprint density at radius 2 is 1.89 bits per heavy atom. The molecule has 1 N–H and O–H groups in total. The van der Waals surface area contributed by atoms with Crippen molar-refractivity contribution in [2.75, 3.05) is 19.0 Å². The molecule has 0 aliphatic carbocycles. The summed E-state index contributed by atoms with van der Waals surface area (Å²) in [6.45, 7) is 3.69. The first-order chi connectivity index (χ1) is 17.8. The van der Waals surface area contributed by atoms with Gasteiger partial charge in [0.05, 0.1) is 28.7 Å². The number of rotatable bonds is 8. The van der Waals surface area contributed by atoms with E-state index in [1.54, 1.807) is 30.5 Å². The summed E-state index contributed by atoms with van der Waals surface area (Å²) in [4.78, 5) is 30.1. The van der Waals surface area contributed by atoms with Crippen molar-refractivity contribution in [3.05, 3.63) is 90.8 Å². The van der Waals surface area contributed by atoms with E-state index >= 15 is 0 Å². The van der Waals surface area contributed by atoms with Gasteiger partial charge in [0.25, 0.3) is 11.5 Å². The van der Waals surface area contributed by atoms with Crippen LogP contribution >= 0.6 is 31.9 Å². The largest absolute Gasteiger partial charge is 0.493 e. The SMILES string of the molecule is CCc1nc2ccc(Br)cc2c(=O)n1N=Cc1cc(Br)c(OCC(=O)Nc2ccc(C)cc2)c(OC)c1. The van der Waals surface area contributed by atoms with Gasteiger partial charge >= 0.3 is 0 Å². The molecule has 0 saturated heterocycles. The third kappa shape index (κ3) is 6.26. The Balaban J connectivity index is 1.56. The molecule has 4 rings (SSSR count). The summed E-state index contributed by atoms with van der Waals surface area (Å²) in [6, 6.07) is 16.4. The van der Waals surface area contributed by atoms with Gasteiger partial charge in [-0.1, -0.05) is 40.5 Å². The third-order valence-corrected chi connectivity index (χ3v) is 6.53. The van der Waals surface area contributed by atoms with Gasteiger partial charge in [0.1, 0.15) is 5.82 Å². The highest BCUT2D eigenvalue weighted by atomic mass is 79.9. The topological polar surface area (TPSA) is 94.8 Å². The van der Waals surface area contributed by atoms with Crippen molar-refractivity contribution >= 4 is 60.6 Å². The van der Waals surface area contributed by atoms with Crippen molar-refractivity contribution in [1.29, 1.82) is 0 Å². The summed E-state index contributed by atoms with van der Waals surface area (Å²) < 4.78 is 13.9. The molecule has 0 atom stereocenters. The van der Waals surface area contributed by atoms with E-state index in [0.29, 0.717) is 50.4 Å². The summed E-state index contributed by atoms with van der Waals surface area (Å²) in [5.41, 5.74) is 2.81. The number of nitrogens with zero attached hydrogens (tertiary/aromatic N) is 3.